The Morgan fingerprint density at radius 3 is 2.15 bits per heavy atom. The lowest BCUT2D eigenvalue weighted by molar-refractivity contribution is 0.0993. The number of nitrogens with zero attached hydrogens (tertiary/aromatic N) is 1. The van der Waals surface area contributed by atoms with Crippen LogP contribution in [0, 0.1) is 0 Å². The molecule has 166 valence electrons. The number of ketones is 1. The van der Waals surface area contributed by atoms with Crippen LogP contribution in [0.4, 0.5) is 0 Å². The van der Waals surface area contributed by atoms with Crippen LogP contribution in [0.3, 0.4) is 0 Å². The molecule has 1 saturated heterocycles. The van der Waals surface area contributed by atoms with Crippen LogP contribution < -0.4 is 4.74 Å². The largest absolute Gasteiger partial charge is 0.490 e. The van der Waals surface area contributed by atoms with Crippen molar-refractivity contribution in [2.45, 2.75) is 25.4 Å². The lowest BCUT2D eigenvalue weighted by Crippen LogP contribution is -2.35. The maximum absolute atomic E-state index is 12.8. The van der Waals surface area contributed by atoms with Crippen molar-refractivity contribution < 1.29 is 9.53 Å². The summed E-state index contributed by atoms with van der Waals surface area (Å²) in [5.41, 5.74) is 4.08. The molecule has 3 heteroatoms. The normalized spacial score (nSPS) is 14.9. The van der Waals surface area contributed by atoms with Crippen molar-refractivity contribution in [1.82, 2.24) is 4.90 Å². The van der Waals surface area contributed by atoms with Crippen LogP contribution in [0.5, 0.6) is 5.75 Å². The number of Topliss-reactive ketones (excluding diaryl/α,β-unsaturated/α-hetero) is 1. The molecule has 4 aromatic carbocycles. The third-order valence-electron chi connectivity index (χ3n) is 6.55. The summed E-state index contributed by atoms with van der Waals surface area (Å²) in [6, 6.07) is 30.7. The Bertz CT molecular complexity index is 1240. The lowest BCUT2D eigenvalue weighted by atomic mass is 9.98. The Morgan fingerprint density at radius 2 is 1.45 bits per heavy atom. The molecular weight excluding hydrogens is 406 g/mol. The number of fused-ring (bicyclic) bond motifs is 1. The van der Waals surface area contributed by atoms with Crippen molar-refractivity contribution in [2.24, 2.45) is 0 Å². The molecule has 0 N–H and O–H groups in total. The first-order chi connectivity index (χ1) is 16.1. The van der Waals surface area contributed by atoms with Gasteiger partial charge in [0.1, 0.15) is 11.9 Å². The second kappa shape index (κ2) is 9.60. The standard InChI is InChI=1S/C30H29NO2/c1-31-18-16-29(17-19-31)33-28-14-12-25(13-15-28)24-8-6-22(7-9-24)20-30(32)27-11-10-23-4-2-3-5-26(23)21-27/h2-15,21,29H,16-20H2,1H3. The summed E-state index contributed by atoms with van der Waals surface area (Å²) in [7, 11) is 2.16. The van der Waals surface area contributed by atoms with Crippen LogP contribution in [0.15, 0.2) is 91.0 Å². The number of rotatable bonds is 6. The van der Waals surface area contributed by atoms with Gasteiger partial charge in [0, 0.05) is 25.1 Å². The van der Waals surface area contributed by atoms with E-state index in [1.165, 1.54) is 0 Å². The van der Waals surface area contributed by atoms with Gasteiger partial charge in [0.25, 0.3) is 0 Å². The molecule has 1 heterocycles. The maximum Gasteiger partial charge on any atom is 0.167 e. The summed E-state index contributed by atoms with van der Waals surface area (Å²) in [6.07, 6.45) is 2.88. The average molecular weight is 436 g/mol. The minimum absolute atomic E-state index is 0.143. The zero-order valence-corrected chi connectivity index (χ0v) is 19.0. The summed E-state index contributed by atoms with van der Waals surface area (Å²) in [4.78, 5) is 15.2. The van der Waals surface area contributed by atoms with Gasteiger partial charge in [-0.1, -0.05) is 72.8 Å². The van der Waals surface area contributed by atoms with Gasteiger partial charge in [0.2, 0.25) is 0 Å². The zero-order valence-electron chi connectivity index (χ0n) is 19.0. The van der Waals surface area contributed by atoms with E-state index in [9.17, 15) is 4.79 Å². The van der Waals surface area contributed by atoms with Crippen molar-refractivity contribution in [3.05, 3.63) is 102 Å². The molecule has 0 aromatic heterocycles. The highest BCUT2D eigenvalue weighted by Crippen LogP contribution is 2.25. The van der Waals surface area contributed by atoms with Gasteiger partial charge in [-0.25, -0.2) is 0 Å². The van der Waals surface area contributed by atoms with E-state index in [1.807, 2.05) is 36.4 Å². The fourth-order valence-electron chi connectivity index (χ4n) is 4.49. The minimum atomic E-state index is 0.143. The van der Waals surface area contributed by atoms with Gasteiger partial charge < -0.3 is 9.64 Å². The SMILES string of the molecule is CN1CCC(Oc2ccc(-c3ccc(CC(=O)c4ccc5ccccc5c4)cc3)cc2)CC1. The zero-order chi connectivity index (χ0) is 22.6. The van der Waals surface area contributed by atoms with Gasteiger partial charge in [-0.3, -0.25) is 4.79 Å². The molecule has 1 aliphatic rings. The van der Waals surface area contributed by atoms with Crippen molar-refractivity contribution in [3.8, 4) is 16.9 Å². The fourth-order valence-corrected chi connectivity index (χ4v) is 4.49. The molecule has 1 fully saturated rings. The first-order valence-electron chi connectivity index (χ1n) is 11.7. The Morgan fingerprint density at radius 1 is 0.818 bits per heavy atom. The van der Waals surface area contributed by atoms with Gasteiger partial charge in [-0.2, -0.15) is 0 Å². The Labute approximate surface area is 195 Å². The quantitative estimate of drug-likeness (QED) is 0.328. The van der Waals surface area contributed by atoms with Gasteiger partial charge in [0.15, 0.2) is 5.78 Å². The number of hydrogen-bond donors (Lipinski definition) is 0. The van der Waals surface area contributed by atoms with Crippen molar-refractivity contribution in [1.29, 1.82) is 0 Å². The highest BCUT2D eigenvalue weighted by Gasteiger charge is 2.18. The highest BCUT2D eigenvalue weighted by atomic mass is 16.5. The second-order valence-corrected chi connectivity index (χ2v) is 9.00. The number of carbonyl (C=O) groups is 1. The molecule has 4 aromatic rings. The molecule has 5 rings (SSSR count). The summed E-state index contributed by atoms with van der Waals surface area (Å²) in [6.45, 7) is 2.19. The minimum Gasteiger partial charge on any atom is -0.490 e. The smallest absolute Gasteiger partial charge is 0.167 e. The van der Waals surface area contributed by atoms with Crippen LogP contribution in [-0.2, 0) is 6.42 Å². The van der Waals surface area contributed by atoms with E-state index in [4.69, 9.17) is 4.74 Å². The van der Waals surface area contributed by atoms with Crippen LogP contribution in [-0.4, -0.2) is 36.9 Å². The van der Waals surface area contributed by atoms with Gasteiger partial charge in [-0.15, -0.1) is 0 Å². The molecule has 0 amide bonds. The summed E-state index contributed by atoms with van der Waals surface area (Å²) in [5.74, 6) is 1.08. The molecule has 1 aliphatic heterocycles. The number of ether oxygens (including phenoxy) is 1. The molecule has 0 spiro atoms. The molecule has 0 unspecified atom stereocenters. The first-order valence-corrected chi connectivity index (χ1v) is 11.7. The van der Waals surface area contributed by atoms with Crippen LogP contribution in [0.2, 0.25) is 0 Å². The number of carbonyl (C=O) groups excluding carboxylic acids is 1. The van der Waals surface area contributed by atoms with E-state index in [2.05, 4.69) is 66.5 Å². The van der Waals surface area contributed by atoms with E-state index in [0.29, 0.717) is 12.5 Å². The number of likely N-dealkylation sites (tertiary alicyclic amines) is 1. The van der Waals surface area contributed by atoms with Crippen LogP contribution in [0.1, 0.15) is 28.8 Å². The van der Waals surface area contributed by atoms with Crippen LogP contribution in [0.25, 0.3) is 21.9 Å². The third-order valence-corrected chi connectivity index (χ3v) is 6.55. The number of hydrogen-bond acceptors (Lipinski definition) is 3. The molecule has 0 bridgehead atoms. The van der Waals surface area contributed by atoms with Crippen LogP contribution >= 0.6 is 0 Å². The lowest BCUT2D eigenvalue weighted by Gasteiger charge is -2.29. The van der Waals surface area contributed by atoms with Gasteiger partial charge in [0.05, 0.1) is 0 Å². The summed E-state index contributed by atoms with van der Waals surface area (Å²) in [5, 5.41) is 2.25. The Kier molecular flexibility index (Phi) is 6.23. The number of benzene rings is 4. The predicted octanol–water partition coefficient (Wildman–Crippen LogP) is 6.41. The summed E-state index contributed by atoms with van der Waals surface area (Å²) < 4.78 is 6.16. The number of piperidine rings is 1. The topological polar surface area (TPSA) is 29.5 Å². The van der Waals surface area contributed by atoms with Crippen molar-refractivity contribution >= 4 is 16.6 Å². The van der Waals surface area contributed by atoms with E-state index in [-0.39, 0.29) is 5.78 Å². The van der Waals surface area contributed by atoms with Crippen molar-refractivity contribution in [3.63, 3.8) is 0 Å². The van der Waals surface area contributed by atoms with E-state index in [0.717, 1.165) is 64.7 Å². The van der Waals surface area contributed by atoms with Gasteiger partial charge in [-0.05, 0) is 65.6 Å². The fraction of sp³-hybridized carbons (Fsp3) is 0.233. The Hall–Kier alpha value is -3.43. The molecule has 0 atom stereocenters. The third kappa shape index (κ3) is 5.15. The predicted molar refractivity (Wildman–Crippen MR) is 135 cm³/mol. The Balaban J connectivity index is 1.22. The summed E-state index contributed by atoms with van der Waals surface area (Å²) >= 11 is 0. The molecule has 0 aliphatic carbocycles. The van der Waals surface area contributed by atoms with E-state index < -0.39 is 0 Å². The molecule has 33 heavy (non-hydrogen) atoms. The first kappa shape index (κ1) is 21.4. The van der Waals surface area contributed by atoms with Crippen molar-refractivity contribution in [2.75, 3.05) is 20.1 Å². The average Bonchev–Trinajstić information content (AvgIpc) is 2.86. The molecule has 3 nitrogen and oxygen atoms in total. The van der Waals surface area contributed by atoms with E-state index in [1.54, 1.807) is 0 Å². The highest BCUT2D eigenvalue weighted by molar-refractivity contribution is 6.01. The molecule has 0 saturated carbocycles. The van der Waals surface area contributed by atoms with Gasteiger partial charge >= 0.3 is 0 Å². The molecular formula is C30H29NO2. The second-order valence-electron chi connectivity index (χ2n) is 9.00. The maximum atomic E-state index is 12.8. The monoisotopic (exact) mass is 435 g/mol. The molecule has 0 radical (unpaired) electrons. The van der Waals surface area contributed by atoms with E-state index >= 15 is 0 Å².